The zero-order chi connectivity index (χ0) is 24.7. The number of aryl methyl sites for hydroxylation is 1. The van der Waals surface area contributed by atoms with Crippen LogP contribution in [0.1, 0.15) is 39.5 Å². The Labute approximate surface area is 203 Å². The molecule has 0 aromatic heterocycles. The normalized spacial score (nSPS) is 11.5. The number of hydrazone groups is 1. The summed E-state index contributed by atoms with van der Waals surface area (Å²) in [6.45, 7) is 4.60. The molecule has 0 aliphatic heterocycles. The van der Waals surface area contributed by atoms with E-state index in [1.54, 1.807) is 12.1 Å². The highest BCUT2D eigenvalue weighted by Gasteiger charge is 2.30. The zero-order valence-electron chi connectivity index (χ0n) is 18.4. The minimum atomic E-state index is -4.54. The Hall–Kier alpha value is -3.33. The highest BCUT2D eigenvalue weighted by atomic mass is 79.9. The molecule has 1 amide bonds. The van der Waals surface area contributed by atoms with E-state index in [9.17, 15) is 18.0 Å². The predicted molar refractivity (Wildman–Crippen MR) is 127 cm³/mol. The van der Waals surface area contributed by atoms with Crippen LogP contribution in [0.15, 0.2) is 70.2 Å². The number of amides is 1. The topological polar surface area (TPSA) is 59.9 Å². The summed E-state index contributed by atoms with van der Waals surface area (Å²) in [6, 6.07) is 15.5. The third kappa shape index (κ3) is 6.84. The van der Waals surface area contributed by atoms with Gasteiger partial charge >= 0.3 is 6.18 Å². The Bertz CT molecular complexity index is 1200. The van der Waals surface area contributed by atoms with E-state index in [1.165, 1.54) is 18.3 Å². The lowest BCUT2D eigenvalue weighted by Crippen LogP contribution is -2.18. The molecule has 178 valence electrons. The van der Waals surface area contributed by atoms with Crippen molar-refractivity contribution in [2.75, 3.05) is 6.61 Å². The Morgan fingerprint density at radius 1 is 1.09 bits per heavy atom. The molecule has 0 atom stereocenters. The quantitative estimate of drug-likeness (QED) is 0.264. The third-order valence-electron chi connectivity index (χ3n) is 4.63. The summed E-state index contributed by atoms with van der Waals surface area (Å²) in [4.78, 5) is 12.2. The summed E-state index contributed by atoms with van der Waals surface area (Å²) in [7, 11) is 0. The van der Waals surface area contributed by atoms with E-state index in [-0.39, 0.29) is 5.56 Å². The first-order valence-corrected chi connectivity index (χ1v) is 11.1. The maximum Gasteiger partial charge on any atom is 0.416 e. The van der Waals surface area contributed by atoms with Crippen molar-refractivity contribution in [3.63, 3.8) is 0 Å². The number of carbonyl (C=O) groups excluding carboxylic acids is 1. The molecule has 3 aromatic carbocycles. The number of ether oxygens (including phenoxy) is 2. The average molecular weight is 535 g/mol. The first-order chi connectivity index (χ1) is 16.2. The van der Waals surface area contributed by atoms with Gasteiger partial charge in [-0.2, -0.15) is 18.3 Å². The van der Waals surface area contributed by atoms with Gasteiger partial charge in [-0.25, -0.2) is 5.43 Å². The molecule has 0 saturated heterocycles. The minimum absolute atomic E-state index is 0.150. The number of nitrogens with one attached hydrogen (secondary N) is 1. The van der Waals surface area contributed by atoms with E-state index in [1.807, 2.05) is 38.1 Å². The molecule has 1 N–H and O–H groups in total. The van der Waals surface area contributed by atoms with Gasteiger partial charge in [0.15, 0.2) is 11.5 Å². The van der Waals surface area contributed by atoms with E-state index in [2.05, 4.69) is 26.5 Å². The van der Waals surface area contributed by atoms with Gasteiger partial charge in [-0.05, 0) is 71.2 Å². The lowest BCUT2D eigenvalue weighted by atomic mass is 10.1. The second-order valence-electron chi connectivity index (χ2n) is 7.32. The van der Waals surface area contributed by atoms with E-state index in [0.717, 1.165) is 23.3 Å². The van der Waals surface area contributed by atoms with Gasteiger partial charge < -0.3 is 9.47 Å². The Kier molecular flexibility index (Phi) is 8.33. The Morgan fingerprint density at radius 3 is 2.56 bits per heavy atom. The highest BCUT2D eigenvalue weighted by molar-refractivity contribution is 9.10. The van der Waals surface area contributed by atoms with Crippen molar-refractivity contribution in [3.8, 4) is 11.5 Å². The van der Waals surface area contributed by atoms with Gasteiger partial charge in [0, 0.05) is 5.56 Å². The number of hydrogen-bond donors (Lipinski definition) is 1. The molecule has 0 spiro atoms. The summed E-state index contributed by atoms with van der Waals surface area (Å²) in [5.74, 6) is 0.244. The van der Waals surface area contributed by atoms with Gasteiger partial charge in [-0.15, -0.1) is 0 Å². The number of nitrogens with zero attached hydrogens (tertiary/aromatic N) is 1. The summed E-state index contributed by atoms with van der Waals surface area (Å²) in [5, 5.41) is 3.86. The molecule has 0 saturated carbocycles. The highest BCUT2D eigenvalue weighted by Crippen LogP contribution is 2.37. The second kappa shape index (κ2) is 11.2. The van der Waals surface area contributed by atoms with E-state index < -0.39 is 17.6 Å². The zero-order valence-corrected chi connectivity index (χ0v) is 20.0. The van der Waals surface area contributed by atoms with E-state index in [0.29, 0.717) is 34.7 Å². The van der Waals surface area contributed by atoms with Gasteiger partial charge in [-0.1, -0.05) is 35.9 Å². The van der Waals surface area contributed by atoms with Crippen molar-refractivity contribution >= 4 is 28.1 Å². The van der Waals surface area contributed by atoms with Crippen LogP contribution in [-0.4, -0.2) is 18.7 Å². The van der Waals surface area contributed by atoms with Crippen LogP contribution in [0.25, 0.3) is 0 Å². The fourth-order valence-corrected chi connectivity index (χ4v) is 3.66. The maximum absolute atomic E-state index is 12.9. The number of halogens is 4. The summed E-state index contributed by atoms with van der Waals surface area (Å²) < 4.78 is 50.9. The summed E-state index contributed by atoms with van der Waals surface area (Å²) >= 11 is 3.48. The van der Waals surface area contributed by atoms with Crippen molar-refractivity contribution in [1.82, 2.24) is 5.43 Å². The molecule has 3 aromatic rings. The molecule has 9 heteroatoms. The lowest BCUT2D eigenvalue weighted by Gasteiger charge is -2.15. The van der Waals surface area contributed by atoms with Crippen LogP contribution in [0.2, 0.25) is 0 Å². The molecule has 0 unspecified atom stereocenters. The maximum atomic E-state index is 12.9. The van der Waals surface area contributed by atoms with Crippen molar-refractivity contribution in [2.24, 2.45) is 5.10 Å². The number of alkyl halides is 3. The number of carbonyl (C=O) groups is 1. The van der Waals surface area contributed by atoms with Crippen molar-refractivity contribution in [3.05, 3.63) is 93.0 Å². The molecule has 0 fully saturated rings. The minimum Gasteiger partial charge on any atom is -0.490 e. The molecule has 0 radical (unpaired) electrons. The molecule has 34 heavy (non-hydrogen) atoms. The lowest BCUT2D eigenvalue weighted by molar-refractivity contribution is -0.137. The molecular formula is C25H22BrF3N2O3. The summed E-state index contributed by atoms with van der Waals surface area (Å²) in [6.07, 6.45) is -3.17. The van der Waals surface area contributed by atoms with Crippen molar-refractivity contribution in [1.29, 1.82) is 0 Å². The molecular weight excluding hydrogens is 513 g/mol. The molecule has 0 aliphatic rings. The molecule has 0 bridgehead atoms. The van der Waals surface area contributed by atoms with Crippen molar-refractivity contribution < 1.29 is 27.4 Å². The van der Waals surface area contributed by atoms with Gasteiger partial charge in [0.05, 0.1) is 22.9 Å². The first kappa shape index (κ1) is 25.3. The predicted octanol–water partition coefficient (Wildman–Crippen LogP) is 6.52. The van der Waals surface area contributed by atoms with Crippen LogP contribution < -0.4 is 14.9 Å². The van der Waals surface area contributed by atoms with E-state index in [4.69, 9.17) is 9.47 Å². The first-order valence-electron chi connectivity index (χ1n) is 10.3. The molecule has 5 nitrogen and oxygen atoms in total. The fourth-order valence-electron chi connectivity index (χ4n) is 3.09. The van der Waals surface area contributed by atoms with Gasteiger partial charge in [-0.3, -0.25) is 4.79 Å². The monoisotopic (exact) mass is 534 g/mol. The number of benzene rings is 3. The van der Waals surface area contributed by atoms with Crippen LogP contribution >= 0.6 is 15.9 Å². The van der Waals surface area contributed by atoms with Gasteiger partial charge in [0.1, 0.15) is 6.61 Å². The van der Waals surface area contributed by atoms with Crippen LogP contribution in [-0.2, 0) is 12.8 Å². The molecule has 0 aliphatic carbocycles. The largest absolute Gasteiger partial charge is 0.490 e. The van der Waals surface area contributed by atoms with Crippen LogP contribution in [0.5, 0.6) is 11.5 Å². The van der Waals surface area contributed by atoms with Crippen molar-refractivity contribution in [2.45, 2.75) is 26.6 Å². The average Bonchev–Trinajstić information content (AvgIpc) is 2.78. The van der Waals surface area contributed by atoms with Crippen LogP contribution in [0.4, 0.5) is 13.2 Å². The number of hydrogen-bond acceptors (Lipinski definition) is 4. The van der Waals surface area contributed by atoms with Gasteiger partial charge in [0.25, 0.3) is 5.91 Å². The van der Waals surface area contributed by atoms with E-state index >= 15 is 0 Å². The van der Waals surface area contributed by atoms with Crippen LogP contribution in [0.3, 0.4) is 0 Å². The SMILES string of the molecule is CCOc1cc(/C=N\NC(=O)c2cccc(C(F)(F)F)c2)cc(Br)c1OCc1cccc(C)c1. The standard InChI is InChI=1S/C25H22BrF3N2O3/c1-3-33-22-12-18(11-21(26)23(22)34-15-17-7-4-6-16(2)10-17)14-30-31-24(32)19-8-5-9-20(13-19)25(27,28)29/h4-14H,3,15H2,1-2H3,(H,31,32)/b30-14-. The fraction of sp³-hybridized carbons (Fsp3) is 0.200. The molecule has 0 heterocycles. The molecule has 3 rings (SSSR count). The number of rotatable bonds is 8. The van der Waals surface area contributed by atoms with Crippen LogP contribution in [0, 0.1) is 6.92 Å². The van der Waals surface area contributed by atoms with Gasteiger partial charge in [0.2, 0.25) is 0 Å². The Morgan fingerprint density at radius 2 is 1.85 bits per heavy atom. The smallest absolute Gasteiger partial charge is 0.416 e. The summed E-state index contributed by atoms with van der Waals surface area (Å²) in [5.41, 5.74) is 3.91. The second-order valence-corrected chi connectivity index (χ2v) is 8.17. The third-order valence-corrected chi connectivity index (χ3v) is 5.22. The Balaban J connectivity index is 1.72.